The Kier molecular flexibility index (Phi) is 9.74. The number of carbonyl (C=O) groups is 3. The molecule has 3 aromatic rings. The maximum Gasteiger partial charge on any atom is 0.269 e. The summed E-state index contributed by atoms with van der Waals surface area (Å²) in [7, 11) is -4.09. The van der Waals surface area contributed by atoms with Crippen molar-refractivity contribution in [3.63, 3.8) is 0 Å². The number of benzene rings is 3. The number of nitrogens with one attached hydrogen (secondary N) is 1. The highest BCUT2D eigenvalue weighted by molar-refractivity contribution is 7.90. The van der Waals surface area contributed by atoms with Crippen molar-refractivity contribution in [2.24, 2.45) is 0 Å². The number of hydrogen-bond acceptors (Lipinski definition) is 5. The fourth-order valence-corrected chi connectivity index (χ4v) is 7.76. The summed E-state index contributed by atoms with van der Waals surface area (Å²) >= 11 is 12.6. The number of carbonyl (C=O) groups excluding carboxylic acids is 3. The van der Waals surface area contributed by atoms with Gasteiger partial charge in [0.1, 0.15) is 10.9 Å². The molecule has 0 saturated heterocycles. The third-order valence-electron chi connectivity index (χ3n) is 8.02. The molecule has 11 heteroatoms. The number of halogens is 2. The standard InChI is InChI=1S/C32H33Cl2N3O5S/c33-24-16-15-23(27(34)20-24)21-36(30(38)17-18-37-32(40)26-13-7-8-14-29(26)43(37,41)42)28(19-22-9-3-1-4-10-22)31(39)35-25-11-5-2-6-12-25/h1,3-4,7-10,13-16,20,25,28H,2,5-6,11-12,17-19,21H2,(H,35,39)/t28-/m1/s1. The molecule has 0 unspecified atom stereocenters. The normalized spacial score (nSPS) is 16.9. The Morgan fingerprint density at radius 2 is 1.65 bits per heavy atom. The first-order chi connectivity index (χ1) is 20.6. The summed E-state index contributed by atoms with van der Waals surface area (Å²) in [5.41, 5.74) is 1.52. The lowest BCUT2D eigenvalue weighted by atomic mass is 9.94. The zero-order chi connectivity index (χ0) is 30.6. The molecular weight excluding hydrogens is 609 g/mol. The number of rotatable bonds is 10. The number of amides is 3. The van der Waals surface area contributed by atoms with E-state index in [4.69, 9.17) is 23.2 Å². The van der Waals surface area contributed by atoms with Crippen LogP contribution in [0, 0.1) is 0 Å². The lowest BCUT2D eigenvalue weighted by Gasteiger charge is -2.34. The van der Waals surface area contributed by atoms with Crippen LogP contribution in [0.25, 0.3) is 0 Å². The quantitative estimate of drug-likeness (QED) is 0.310. The van der Waals surface area contributed by atoms with E-state index in [0.29, 0.717) is 15.6 Å². The lowest BCUT2D eigenvalue weighted by molar-refractivity contribution is -0.141. The Morgan fingerprint density at radius 1 is 0.953 bits per heavy atom. The first kappa shape index (κ1) is 31.0. The highest BCUT2D eigenvalue weighted by atomic mass is 35.5. The van der Waals surface area contributed by atoms with E-state index in [2.05, 4.69) is 5.32 Å². The molecule has 8 nitrogen and oxygen atoms in total. The van der Waals surface area contributed by atoms with E-state index < -0.39 is 27.9 Å². The second-order valence-electron chi connectivity index (χ2n) is 10.9. The van der Waals surface area contributed by atoms with Gasteiger partial charge in [-0.3, -0.25) is 14.4 Å². The summed E-state index contributed by atoms with van der Waals surface area (Å²) in [4.78, 5) is 42.3. The van der Waals surface area contributed by atoms with Gasteiger partial charge in [-0.1, -0.05) is 91.0 Å². The molecule has 2 aliphatic rings. The van der Waals surface area contributed by atoms with Gasteiger partial charge in [0, 0.05) is 42.0 Å². The zero-order valence-electron chi connectivity index (χ0n) is 23.5. The molecule has 5 rings (SSSR count). The Morgan fingerprint density at radius 3 is 2.35 bits per heavy atom. The molecule has 0 radical (unpaired) electrons. The van der Waals surface area contributed by atoms with E-state index in [1.807, 2.05) is 30.3 Å². The number of fused-ring (bicyclic) bond motifs is 1. The van der Waals surface area contributed by atoms with Crippen LogP contribution in [0.5, 0.6) is 0 Å². The largest absolute Gasteiger partial charge is 0.352 e. The van der Waals surface area contributed by atoms with Crippen LogP contribution in [-0.2, 0) is 32.6 Å². The molecule has 3 amide bonds. The van der Waals surface area contributed by atoms with E-state index in [0.717, 1.165) is 42.0 Å². The van der Waals surface area contributed by atoms with Crippen LogP contribution in [-0.4, -0.2) is 54.0 Å². The van der Waals surface area contributed by atoms with Crippen molar-refractivity contribution >= 4 is 50.9 Å². The predicted molar refractivity (Wildman–Crippen MR) is 165 cm³/mol. The monoisotopic (exact) mass is 641 g/mol. The number of sulfonamides is 1. The topological polar surface area (TPSA) is 104 Å². The first-order valence-corrected chi connectivity index (χ1v) is 16.6. The van der Waals surface area contributed by atoms with Crippen LogP contribution < -0.4 is 5.32 Å². The van der Waals surface area contributed by atoms with E-state index >= 15 is 0 Å². The molecule has 1 heterocycles. The van der Waals surface area contributed by atoms with Gasteiger partial charge in [0.05, 0.1) is 5.56 Å². The van der Waals surface area contributed by atoms with Gasteiger partial charge in [0.15, 0.2) is 0 Å². The second-order valence-corrected chi connectivity index (χ2v) is 13.6. The maximum absolute atomic E-state index is 14.0. The van der Waals surface area contributed by atoms with Gasteiger partial charge in [-0.05, 0) is 48.2 Å². The van der Waals surface area contributed by atoms with E-state index in [-0.39, 0.29) is 48.3 Å². The minimum Gasteiger partial charge on any atom is -0.352 e. The smallest absolute Gasteiger partial charge is 0.269 e. The minimum atomic E-state index is -4.09. The van der Waals surface area contributed by atoms with Crippen LogP contribution >= 0.6 is 23.2 Å². The van der Waals surface area contributed by atoms with Crippen molar-refractivity contribution < 1.29 is 22.8 Å². The molecule has 1 aliphatic heterocycles. The summed E-state index contributed by atoms with van der Waals surface area (Å²) in [5, 5.41) is 3.93. The summed E-state index contributed by atoms with van der Waals surface area (Å²) in [5.74, 6) is -1.44. The summed E-state index contributed by atoms with van der Waals surface area (Å²) in [6.07, 6.45) is 4.85. The third kappa shape index (κ3) is 7.06. The molecule has 226 valence electrons. The fraction of sp³-hybridized carbons (Fsp3) is 0.344. The number of hydrogen-bond donors (Lipinski definition) is 1. The predicted octanol–water partition coefficient (Wildman–Crippen LogP) is 5.62. The van der Waals surface area contributed by atoms with Crippen molar-refractivity contribution in [1.29, 1.82) is 0 Å². The zero-order valence-corrected chi connectivity index (χ0v) is 25.9. The third-order valence-corrected chi connectivity index (χ3v) is 10.4. The van der Waals surface area contributed by atoms with Crippen molar-refractivity contribution in [3.8, 4) is 0 Å². The Balaban J connectivity index is 1.45. The lowest BCUT2D eigenvalue weighted by Crippen LogP contribution is -2.53. The van der Waals surface area contributed by atoms with Gasteiger partial charge >= 0.3 is 0 Å². The molecule has 43 heavy (non-hydrogen) atoms. The van der Waals surface area contributed by atoms with Crippen LogP contribution in [0.15, 0.2) is 77.7 Å². The molecule has 1 atom stereocenters. The van der Waals surface area contributed by atoms with Gasteiger partial charge in [-0.15, -0.1) is 0 Å². The van der Waals surface area contributed by atoms with Gasteiger partial charge < -0.3 is 10.2 Å². The Labute approximate surface area is 262 Å². The molecule has 1 aliphatic carbocycles. The van der Waals surface area contributed by atoms with Gasteiger partial charge in [0.2, 0.25) is 11.8 Å². The Bertz CT molecular complexity index is 1610. The van der Waals surface area contributed by atoms with Crippen LogP contribution in [0.1, 0.15) is 60.0 Å². The van der Waals surface area contributed by atoms with Crippen LogP contribution in [0.3, 0.4) is 0 Å². The molecule has 0 spiro atoms. The second kappa shape index (κ2) is 13.5. The summed E-state index contributed by atoms with van der Waals surface area (Å²) in [6, 6.07) is 19.4. The Hall–Kier alpha value is -3.40. The minimum absolute atomic E-state index is 0.00859. The average Bonchev–Trinajstić information content (AvgIpc) is 3.19. The molecule has 1 fully saturated rings. The van der Waals surface area contributed by atoms with E-state index in [9.17, 15) is 22.8 Å². The molecular formula is C32H33Cl2N3O5S. The maximum atomic E-state index is 14.0. The van der Waals surface area contributed by atoms with E-state index in [1.54, 1.807) is 30.3 Å². The van der Waals surface area contributed by atoms with Crippen LogP contribution in [0.2, 0.25) is 10.0 Å². The SMILES string of the molecule is O=C(NC1CCCCC1)[C@@H](Cc1ccccc1)N(Cc1ccc(Cl)cc1Cl)C(=O)CCN1C(=O)c2ccccc2S1(=O)=O. The van der Waals surface area contributed by atoms with Gasteiger partial charge in [-0.2, -0.15) is 0 Å². The molecule has 3 aromatic carbocycles. The van der Waals surface area contributed by atoms with Crippen molar-refractivity contribution in [2.45, 2.75) is 68.5 Å². The molecule has 0 aromatic heterocycles. The highest BCUT2D eigenvalue weighted by Gasteiger charge is 2.41. The van der Waals surface area contributed by atoms with Crippen molar-refractivity contribution in [1.82, 2.24) is 14.5 Å². The average molecular weight is 643 g/mol. The fourth-order valence-electron chi connectivity index (χ4n) is 5.72. The molecule has 0 bridgehead atoms. The van der Waals surface area contributed by atoms with Gasteiger partial charge in [0.25, 0.3) is 15.9 Å². The highest BCUT2D eigenvalue weighted by Crippen LogP contribution is 2.31. The van der Waals surface area contributed by atoms with Crippen LogP contribution in [0.4, 0.5) is 0 Å². The number of nitrogens with zero attached hydrogens (tertiary/aromatic N) is 2. The summed E-state index contributed by atoms with van der Waals surface area (Å²) < 4.78 is 27.0. The summed E-state index contributed by atoms with van der Waals surface area (Å²) in [6.45, 7) is -0.368. The molecule has 1 N–H and O–H groups in total. The van der Waals surface area contributed by atoms with Crippen molar-refractivity contribution in [3.05, 3.63) is 99.5 Å². The van der Waals surface area contributed by atoms with Crippen molar-refractivity contribution in [2.75, 3.05) is 6.54 Å². The molecule has 1 saturated carbocycles. The first-order valence-electron chi connectivity index (χ1n) is 14.4. The van der Waals surface area contributed by atoms with E-state index in [1.165, 1.54) is 17.0 Å². The van der Waals surface area contributed by atoms with Gasteiger partial charge in [-0.25, -0.2) is 12.7 Å².